The molecule has 1 aliphatic carbocycles. The first-order valence-electron chi connectivity index (χ1n) is 4.57. The zero-order chi connectivity index (χ0) is 8.70. The maximum Gasteiger partial charge on any atom is 0.0670 e. The zero-order valence-corrected chi connectivity index (χ0v) is 8.15. The van der Waals surface area contributed by atoms with Crippen LogP contribution in [0.3, 0.4) is 0 Å². The molecule has 11 heavy (non-hydrogen) atoms. The molecule has 2 atom stereocenters. The van der Waals surface area contributed by atoms with E-state index < -0.39 is 5.60 Å². The van der Waals surface area contributed by atoms with Crippen LogP contribution in [0.15, 0.2) is 0 Å². The van der Waals surface area contributed by atoms with Crippen molar-refractivity contribution in [3.63, 3.8) is 0 Å². The van der Waals surface area contributed by atoms with E-state index in [-0.39, 0.29) is 5.41 Å². The van der Waals surface area contributed by atoms with Crippen LogP contribution in [-0.4, -0.2) is 10.7 Å². The molecule has 66 valence electrons. The predicted molar refractivity (Wildman–Crippen MR) is 47.4 cm³/mol. The highest BCUT2D eigenvalue weighted by molar-refractivity contribution is 4.94. The van der Waals surface area contributed by atoms with E-state index in [4.69, 9.17) is 0 Å². The van der Waals surface area contributed by atoms with Crippen molar-refractivity contribution in [3.05, 3.63) is 0 Å². The van der Waals surface area contributed by atoms with Crippen LogP contribution in [0.2, 0.25) is 0 Å². The molecule has 0 heterocycles. The Morgan fingerprint density at radius 1 is 1.27 bits per heavy atom. The molecule has 0 aromatic heterocycles. The minimum Gasteiger partial charge on any atom is -0.390 e. The average Bonchev–Trinajstić information content (AvgIpc) is 1.80. The molecule has 1 N–H and O–H groups in total. The summed E-state index contributed by atoms with van der Waals surface area (Å²) in [6.07, 6.45) is 3.29. The Hall–Kier alpha value is -0.0400. The lowest BCUT2D eigenvalue weighted by atomic mass is 9.63. The van der Waals surface area contributed by atoms with Gasteiger partial charge in [0.25, 0.3) is 0 Å². The van der Waals surface area contributed by atoms with E-state index >= 15 is 0 Å². The number of rotatable bonds is 0. The monoisotopic (exact) mass is 156 g/mol. The molecule has 1 heteroatoms. The maximum atomic E-state index is 10.0. The smallest absolute Gasteiger partial charge is 0.0670 e. The van der Waals surface area contributed by atoms with Crippen LogP contribution >= 0.6 is 0 Å². The van der Waals surface area contributed by atoms with Crippen LogP contribution in [0.4, 0.5) is 0 Å². The fraction of sp³-hybridized carbons (Fsp3) is 1.00. The molecule has 1 saturated carbocycles. The van der Waals surface area contributed by atoms with Crippen LogP contribution < -0.4 is 0 Å². The van der Waals surface area contributed by atoms with Crippen LogP contribution in [0, 0.1) is 11.3 Å². The maximum absolute atomic E-state index is 10.0. The van der Waals surface area contributed by atoms with E-state index in [1.807, 2.05) is 6.92 Å². The van der Waals surface area contributed by atoms with Gasteiger partial charge in [-0.2, -0.15) is 0 Å². The highest BCUT2D eigenvalue weighted by Gasteiger charge is 2.43. The van der Waals surface area contributed by atoms with E-state index in [9.17, 15) is 5.11 Å². The Morgan fingerprint density at radius 3 is 2.18 bits per heavy atom. The summed E-state index contributed by atoms with van der Waals surface area (Å²) in [5.74, 6) is 0.783. The first kappa shape index (κ1) is 9.05. The summed E-state index contributed by atoms with van der Waals surface area (Å²) in [6.45, 7) is 8.58. The van der Waals surface area contributed by atoms with Crippen molar-refractivity contribution >= 4 is 0 Å². The van der Waals surface area contributed by atoms with Crippen molar-refractivity contribution in [1.82, 2.24) is 0 Å². The largest absolute Gasteiger partial charge is 0.390 e. The Morgan fingerprint density at radius 2 is 1.82 bits per heavy atom. The van der Waals surface area contributed by atoms with Gasteiger partial charge >= 0.3 is 0 Å². The average molecular weight is 156 g/mol. The van der Waals surface area contributed by atoms with Crippen molar-refractivity contribution in [3.8, 4) is 0 Å². The van der Waals surface area contributed by atoms with E-state index in [2.05, 4.69) is 20.8 Å². The molecular weight excluding hydrogens is 136 g/mol. The molecule has 0 aliphatic heterocycles. The molecule has 0 radical (unpaired) electrons. The number of hydrogen-bond donors (Lipinski definition) is 1. The number of aliphatic hydroxyl groups is 1. The minimum absolute atomic E-state index is 0.102. The summed E-state index contributed by atoms with van der Waals surface area (Å²) >= 11 is 0. The Labute approximate surface area is 69.8 Å². The molecule has 1 rings (SSSR count). The summed E-state index contributed by atoms with van der Waals surface area (Å²) in [4.78, 5) is 0. The molecule has 0 aromatic carbocycles. The standard InChI is InChI=1S/C10H20O/c1-8-5-6-10(4,11)9(2,3)7-8/h8,11H,5-7H2,1-4H3. The normalized spacial score (nSPS) is 43.9. The van der Waals surface area contributed by atoms with Crippen molar-refractivity contribution in [2.45, 2.75) is 52.6 Å². The lowest BCUT2D eigenvalue weighted by molar-refractivity contribution is -0.0936. The number of hydrogen-bond acceptors (Lipinski definition) is 1. The van der Waals surface area contributed by atoms with Gasteiger partial charge in [0, 0.05) is 0 Å². The molecule has 0 amide bonds. The van der Waals surface area contributed by atoms with Gasteiger partial charge in [0.15, 0.2) is 0 Å². The van der Waals surface area contributed by atoms with Crippen LogP contribution in [-0.2, 0) is 0 Å². The molecule has 0 saturated heterocycles. The highest BCUT2D eigenvalue weighted by atomic mass is 16.3. The molecule has 0 bridgehead atoms. The summed E-state index contributed by atoms with van der Waals surface area (Å²) in [6, 6.07) is 0. The van der Waals surface area contributed by atoms with Gasteiger partial charge in [-0.15, -0.1) is 0 Å². The summed E-state index contributed by atoms with van der Waals surface area (Å²) in [7, 11) is 0. The van der Waals surface area contributed by atoms with Crippen LogP contribution in [0.25, 0.3) is 0 Å². The lowest BCUT2D eigenvalue weighted by Crippen LogP contribution is -2.46. The first-order valence-corrected chi connectivity index (χ1v) is 4.57. The zero-order valence-electron chi connectivity index (χ0n) is 8.15. The van der Waals surface area contributed by atoms with Gasteiger partial charge in [-0.3, -0.25) is 0 Å². The molecular formula is C10H20O. The van der Waals surface area contributed by atoms with Gasteiger partial charge in [-0.05, 0) is 37.5 Å². The second kappa shape index (κ2) is 2.48. The second-order valence-electron chi connectivity index (χ2n) is 5.01. The third-order valence-corrected chi connectivity index (χ3v) is 3.44. The summed E-state index contributed by atoms with van der Waals surface area (Å²) in [5.41, 5.74) is -0.343. The SMILES string of the molecule is CC1CCC(C)(O)C(C)(C)C1. The molecule has 1 nitrogen and oxygen atoms in total. The van der Waals surface area contributed by atoms with Gasteiger partial charge < -0.3 is 5.11 Å². The predicted octanol–water partition coefficient (Wildman–Crippen LogP) is 2.58. The molecule has 2 unspecified atom stereocenters. The van der Waals surface area contributed by atoms with E-state index in [0.717, 1.165) is 18.8 Å². The van der Waals surface area contributed by atoms with E-state index in [1.54, 1.807) is 0 Å². The quantitative estimate of drug-likeness (QED) is 0.571. The fourth-order valence-corrected chi connectivity index (χ4v) is 2.06. The van der Waals surface area contributed by atoms with Crippen LogP contribution in [0.5, 0.6) is 0 Å². The van der Waals surface area contributed by atoms with E-state index in [0.29, 0.717) is 0 Å². The molecule has 0 aromatic rings. The molecule has 1 fully saturated rings. The minimum atomic E-state index is -0.445. The third kappa shape index (κ3) is 1.58. The van der Waals surface area contributed by atoms with Crippen molar-refractivity contribution < 1.29 is 5.11 Å². The lowest BCUT2D eigenvalue weighted by Gasteiger charge is -2.46. The highest BCUT2D eigenvalue weighted by Crippen LogP contribution is 2.45. The first-order chi connectivity index (χ1) is 4.85. The van der Waals surface area contributed by atoms with Gasteiger partial charge in [0.1, 0.15) is 0 Å². The molecule has 0 spiro atoms. The van der Waals surface area contributed by atoms with Crippen LogP contribution in [0.1, 0.15) is 47.0 Å². The third-order valence-electron chi connectivity index (χ3n) is 3.44. The topological polar surface area (TPSA) is 20.2 Å². The second-order valence-corrected chi connectivity index (χ2v) is 5.01. The summed E-state index contributed by atoms with van der Waals surface area (Å²) < 4.78 is 0. The Bertz CT molecular complexity index is 147. The molecule has 1 aliphatic rings. The van der Waals surface area contributed by atoms with Gasteiger partial charge in [0.2, 0.25) is 0 Å². The van der Waals surface area contributed by atoms with E-state index in [1.165, 1.54) is 6.42 Å². The Kier molecular flexibility index (Phi) is 2.04. The van der Waals surface area contributed by atoms with Crippen molar-refractivity contribution in [2.24, 2.45) is 11.3 Å². The van der Waals surface area contributed by atoms with Gasteiger partial charge in [-0.1, -0.05) is 20.8 Å². The van der Waals surface area contributed by atoms with Gasteiger partial charge in [0.05, 0.1) is 5.60 Å². The van der Waals surface area contributed by atoms with Crippen molar-refractivity contribution in [2.75, 3.05) is 0 Å². The van der Waals surface area contributed by atoms with Crippen molar-refractivity contribution in [1.29, 1.82) is 0 Å². The summed E-state index contributed by atoms with van der Waals surface area (Å²) in [5, 5.41) is 10.0. The Balaban J connectivity index is 2.72. The van der Waals surface area contributed by atoms with Gasteiger partial charge in [-0.25, -0.2) is 0 Å². The fourth-order valence-electron chi connectivity index (χ4n) is 2.06.